The highest BCUT2D eigenvalue weighted by Gasteiger charge is 2.19. The molecule has 2 heterocycles. The summed E-state index contributed by atoms with van der Waals surface area (Å²) in [5, 5.41) is 7.11. The van der Waals surface area contributed by atoms with Gasteiger partial charge < -0.3 is 11.1 Å². The third-order valence-electron chi connectivity index (χ3n) is 2.48. The topological polar surface area (TPSA) is 72.9 Å². The Morgan fingerprint density at radius 2 is 2.64 bits per heavy atom. The zero-order valence-electron chi connectivity index (χ0n) is 7.94. The maximum atomic E-state index is 11.6. The fourth-order valence-corrected chi connectivity index (χ4v) is 1.70. The first-order valence-corrected chi connectivity index (χ1v) is 4.80. The molecule has 1 aromatic rings. The molecule has 1 aliphatic rings. The Bertz CT molecular complexity index is 327. The molecular weight excluding hydrogens is 180 g/mol. The Balaban J connectivity index is 1.95. The number of nitrogens with zero attached hydrogens (tertiary/aromatic N) is 2. The lowest BCUT2D eigenvalue weighted by Gasteiger charge is -2.05. The molecule has 5 nitrogen and oxygen atoms in total. The number of nitrogen functional groups attached to an aromatic ring is 1. The van der Waals surface area contributed by atoms with Crippen molar-refractivity contribution in [1.82, 2.24) is 15.1 Å². The summed E-state index contributed by atoms with van der Waals surface area (Å²) in [5.74, 6) is 0.475. The monoisotopic (exact) mass is 194 g/mol. The fourth-order valence-electron chi connectivity index (χ4n) is 1.70. The normalized spacial score (nSPS) is 21.3. The van der Waals surface area contributed by atoms with Gasteiger partial charge in [0.2, 0.25) is 5.91 Å². The van der Waals surface area contributed by atoms with Crippen molar-refractivity contribution in [3.05, 3.63) is 12.4 Å². The lowest BCUT2D eigenvalue weighted by molar-refractivity contribution is 0.0867. The molecule has 0 aromatic carbocycles. The van der Waals surface area contributed by atoms with Crippen LogP contribution < -0.4 is 11.1 Å². The van der Waals surface area contributed by atoms with E-state index in [-0.39, 0.29) is 5.91 Å². The van der Waals surface area contributed by atoms with Gasteiger partial charge in [-0.25, -0.2) is 4.68 Å². The second-order valence-corrected chi connectivity index (χ2v) is 3.67. The van der Waals surface area contributed by atoms with Gasteiger partial charge in [-0.05, 0) is 25.4 Å². The summed E-state index contributed by atoms with van der Waals surface area (Å²) in [7, 11) is 0. The van der Waals surface area contributed by atoms with E-state index in [4.69, 9.17) is 5.73 Å². The van der Waals surface area contributed by atoms with E-state index in [1.165, 1.54) is 10.9 Å². The molecule has 1 saturated heterocycles. The standard InChI is InChI=1S/C9H14N4O/c10-8-5-12-13(6-8)9(14)3-7-1-2-11-4-7/h5-7,11H,1-4,10H2. The van der Waals surface area contributed by atoms with Crippen LogP contribution in [-0.4, -0.2) is 28.8 Å². The summed E-state index contributed by atoms with van der Waals surface area (Å²) in [6, 6.07) is 0. The van der Waals surface area contributed by atoms with E-state index < -0.39 is 0 Å². The predicted molar refractivity (Wildman–Crippen MR) is 52.9 cm³/mol. The first-order chi connectivity index (χ1) is 6.75. The molecule has 0 saturated carbocycles. The summed E-state index contributed by atoms with van der Waals surface area (Å²) < 4.78 is 1.33. The van der Waals surface area contributed by atoms with E-state index >= 15 is 0 Å². The van der Waals surface area contributed by atoms with Crippen LogP contribution in [0.25, 0.3) is 0 Å². The smallest absolute Gasteiger partial charge is 0.247 e. The van der Waals surface area contributed by atoms with Crippen LogP contribution in [0.2, 0.25) is 0 Å². The number of hydrogen-bond acceptors (Lipinski definition) is 4. The van der Waals surface area contributed by atoms with E-state index in [2.05, 4.69) is 10.4 Å². The van der Waals surface area contributed by atoms with Crippen molar-refractivity contribution in [3.63, 3.8) is 0 Å². The van der Waals surface area contributed by atoms with Crippen molar-refractivity contribution in [2.75, 3.05) is 18.8 Å². The number of anilines is 1. The minimum Gasteiger partial charge on any atom is -0.396 e. The van der Waals surface area contributed by atoms with Gasteiger partial charge in [-0.3, -0.25) is 4.79 Å². The van der Waals surface area contributed by atoms with E-state index in [0.29, 0.717) is 18.0 Å². The number of carbonyl (C=O) groups is 1. The number of nitrogens with one attached hydrogen (secondary N) is 1. The minimum absolute atomic E-state index is 0.0235. The molecule has 2 rings (SSSR count). The number of aromatic nitrogens is 2. The predicted octanol–water partition coefficient (Wildman–Crippen LogP) is 0.105. The van der Waals surface area contributed by atoms with Gasteiger partial charge in [-0.1, -0.05) is 0 Å². The van der Waals surface area contributed by atoms with Crippen LogP contribution in [0.5, 0.6) is 0 Å². The van der Waals surface area contributed by atoms with Crippen molar-refractivity contribution in [3.8, 4) is 0 Å². The zero-order valence-corrected chi connectivity index (χ0v) is 7.94. The zero-order chi connectivity index (χ0) is 9.97. The van der Waals surface area contributed by atoms with Crippen LogP contribution in [-0.2, 0) is 0 Å². The Hall–Kier alpha value is -1.36. The molecule has 0 spiro atoms. The second kappa shape index (κ2) is 3.79. The van der Waals surface area contributed by atoms with Crippen molar-refractivity contribution in [1.29, 1.82) is 0 Å². The van der Waals surface area contributed by atoms with Gasteiger partial charge >= 0.3 is 0 Å². The number of nitrogens with two attached hydrogens (primary N) is 1. The van der Waals surface area contributed by atoms with Gasteiger partial charge in [0.05, 0.1) is 18.1 Å². The van der Waals surface area contributed by atoms with Crippen LogP contribution in [0.15, 0.2) is 12.4 Å². The Kier molecular flexibility index (Phi) is 2.49. The lowest BCUT2D eigenvalue weighted by atomic mass is 10.1. The molecule has 1 atom stereocenters. The van der Waals surface area contributed by atoms with Gasteiger partial charge in [0.1, 0.15) is 0 Å². The van der Waals surface area contributed by atoms with Crippen LogP contribution in [0.3, 0.4) is 0 Å². The molecule has 1 unspecified atom stereocenters. The third kappa shape index (κ3) is 1.93. The Labute approximate surface area is 82.3 Å². The molecular formula is C9H14N4O. The highest BCUT2D eigenvalue weighted by molar-refractivity contribution is 5.78. The number of carbonyl (C=O) groups excluding carboxylic acids is 1. The van der Waals surface area contributed by atoms with Crippen molar-refractivity contribution >= 4 is 11.6 Å². The minimum atomic E-state index is 0.0235. The second-order valence-electron chi connectivity index (χ2n) is 3.67. The molecule has 3 N–H and O–H groups in total. The summed E-state index contributed by atoms with van der Waals surface area (Å²) in [4.78, 5) is 11.6. The average molecular weight is 194 g/mol. The molecule has 0 aliphatic carbocycles. The molecule has 0 bridgehead atoms. The third-order valence-corrected chi connectivity index (χ3v) is 2.48. The summed E-state index contributed by atoms with van der Waals surface area (Å²) in [6.07, 6.45) is 4.67. The lowest BCUT2D eigenvalue weighted by Crippen LogP contribution is -2.17. The maximum absolute atomic E-state index is 11.6. The highest BCUT2D eigenvalue weighted by Crippen LogP contribution is 2.13. The quantitative estimate of drug-likeness (QED) is 0.700. The molecule has 1 aliphatic heterocycles. The van der Waals surface area contributed by atoms with E-state index in [1.807, 2.05) is 0 Å². The first-order valence-electron chi connectivity index (χ1n) is 4.80. The highest BCUT2D eigenvalue weighted by atomic mass is 16.2. The van der Waals surface area contributed by atoms with Gasteiger partial charge in [-0.15, -0.1) is 0 Å². The van der Waals surface area contributed by atoms with Crippen LogP contribution in [0, 0.1) is 5.92 Å². The van der Waals surface area contributed by atoms with Crippen molar-refractivity contribution in [2.45, 2.75) is 12.8 Å². The molecule has 1 aromatic heterocycles. The SMILES string of the molecule is Nc1cnn(C(=O)CC2CCNC2)c1. The molecule has 0 amide bonds. The number of hydrogen-bond donors (Lipinski definition) is 2. The van der Waals surface area contributed by atoms with Crippen LogP contribution in [0.4, 0.5) is 5.69 Å². The van der Waals surface area contributed by atoms with E-state index in [9.17, 15) is 4.79 Å². The largest absolute Gasteiger partial charge is 0.396 e. The Morgan fingerprint density at radius 1 is 1.79 bits per heavy atom. The maximum Gasteiger partial charge on any atom is 0.247 e. The first kappa shape index (κ1) is 9.21. The summed E-state index contributed by atoms with van der Waals surface area (Å²) in [6.45, 7) is 1.95. The van der Waals surface area contributed by atoms with Crippen LogP contribution in [0.1, 0.15) is 17.6 Å². The molecule has 1 fully saturated rings. The molecule has 76 valence electrons. The van der Waals surface area contributed by atoms with Gasteiger partial charge in [0, 0.05) is 6.42 Å². The van der Waals surface area contributed by atoms with Crippen molar-refractivity contribution in [2.24, 2.45) is 5.92 Å². The molecule has 14 heavy (non-hydrogen) atoms. The average Bonchev–Trinajstić information content (AvgIpc) is 2.75. The Morgan fingerprint density at radius 3 is 3.21 bits per heavy atom. The van der Waals surface area contributed by atoms with Crippen LogP contribution >= 0.6 is 0 Å². The van der Waals surface area contributed by atoms with Gasteiger partial charge in [-0.2, -0.15) is 5.10 Å². The van der Waals surface area contributed by atoms with Crippen molar-refractivity contribution < 1.29 is 4.79 Å². The molecule has 0 radical (unpaired) electrons. The molecule has 5 heteroatoms. The summed E-state index contributed by atoms with van der Waals surface area (Å²) >= 11 is 0. The van der Waals surface area contributed by atoms with Gasteiger partial charge in [0.25, 0.3) is 0 Å². The number of rotatable bonds is 2. The summed E-state index contributed by atoms with van der Waals surface area (Å²) in [5.41, 5.74) is 6.01. The van der Waals surface area contributed by atoms with Gasteiger partial charge in [0.15, 0.2) is 0 Å². The fraction of sp³-hybridized carbons (Fsp3) is 0.556. The van der Waals surface area contributed by atoms with E-state index in [1.54, 1.807) is 6.20 Å². The van der Waals surface area contributed by atoms with E-state index in [0.717, 1.165) is 19.5 Å².